The maximum Gasteiger partial charge on any atom is 0.404 e. The summed E-state index contributed by atoms with van der Waals surface area (Å²) in [7, 11) is 0. The summed E-state index contributed by atoms with van der Waals surface area (Å²) in [6.07, 6.45) is 2.68. The summed E-state index contributed by atoms with van der Waals surface area (Å²) >= 11 is 3.44. The minimum absolute atomic E-state index is 0.455. The van der Waals surface area contributed by atoms with E-state index >= 15 is 0 Å². The molecule has 0 aliphatic heterocycles. The maximum atomic E-state index is 10.5. The summed E-state index contributed by atoms with van der Waals surface area (Å²) in [5.74, 6) is 1.04. The van der Waals surface area contributed by atoms with Crippen molar-refractivity contribution in [1.29, 1.82) is 0 Å². The summed E-state index contributed by atoms with van der Waals surface area (Å²) in [5, 5.41) is 0. The first-order valence-corrected chi connectivity index (χ1v) is 6.62. The number of amides is 1. The molecule has 4 heteroatoms. The Morgan fingerprint density at radius 2 is 2.06 bits per heavy atom. The van der Waals surface area contributed by atoms with E-state index in [-0.39, 0.29) is 0 Å². The SMILES string of the molecule is NC(=O)OC[C@H]1CC[C@H](c2ccc(Br)cc2)C1. The number of carbonyl (C=O) groups excluding carboxylic acids is 1. The first-order chi connectivity index (χ1) is 8.15. The fraction of sp³-hybridized carbons (Fsp3) is 0.462. The zero-order chi connectivity index (χ0) is 12.3. The van der Waals surface area contributed by atoms with E-state index in [9.17, 15) is 4.79 Å². The van der Waals surface area contributed by atoms with Gasteiger partial charge >= 0.3 is 6.09 Å². The molecule has 0 unspecified atom stereocenters. The summed E-state index contributed by atoms with van der Waals surface area (Å²) in [6, 6.07) is 8.46. The molecule has 1 aromatic carbocycles. The lowest BCUT2D eigenvalue weighted by Crippen LogP contribution is -2.17. The van der Waals surface area contributed by atoms with Gasteiger partial charge in [0.05, 0.1) is 6.61 Å². The Bertz CT molecular complexity index is 391. The summed E-state index contributed by atoms with van der Waals surface area (Å²) < 4.78 is 5.96. The number of halogens is 1. The zero-order valence-electron chi connectivity index (χ0n) is 9.56. The Labute approximate surface area is 109 Å². The van der Waals surface area contributed by atoms with Gasteiger partial charge in [-0.1, -0.05) is 28.1 Å². The van der Waals surface area contributed by atoms with Gasteiger partial charge in [0, 0.05) is 4.47 Å². The Morgan fingerprint density at radius 3 is 2.71 bits per heavy atom. The summed E-state index contributed by atoms with van der Waals surface area (Å²) in [6.45, 7) is 0.461. The van der Waals surface area contributed by atoms with E-state index in [1.807, 2.05) is 0 Å². The van der Waals surface area contributed by atoms with Gasteiger partial charge < -0.3 is 10.5 Å². The highest BCUT2D eigenvalue weighted by atomic mass is 79.9. The molecule has 0 heterocycles. The van der Waals surface area contributed by atoms with Crippen LogP contribution in [0.25, 0.3) is 0 Å². The number of carbonyl (C=O) groups is 1. The van der Waals surface area contributed by atoms with Crippen LogP contribution in [0.15, 0.2) is 28.7 Å². The van der Waals surface area contributed by atoms with Crippen molar-refractivity contribution in [1.82, 2.24) is 0 Å². The van der Waals surface area contributed by atoms with E-state index < -0.39 is 6.09 Å². The molecule has 1 saturated carbocycles. The van der Waals surface area contributed by atoms with Crippen LogP contribution in [0.3, 0.4) is 0 Å². The first-order valence-electron chi connectivity index (χ1n) is 5.83. The van der Waals surface area contributed by atoms with Crippen molar-refractivity contribution in [2.45, 2.75) is 25.2 Å². The van der Waals surface area contributed by atoms with Crippen molar-refractivity contribution in [3.05, 3.63) is 34.3 Å². The van der Waals surface area contributed by atoms with Gasteiger partial charge in [-0.05, 0) is 48.8 Å². The van der Waals surface area contributed by atoms with Crippen LogP contribution in [0, 0.1) is 5.92 Å². The van der Waals surface area contributed by atoms with Crippen molar-refractivity contribution < 1.29 is 9.53 Å². The van der Waals surface area contributed by atoms with Crippen molar-refractivity contribution in [2.24, 2.45) is 11.7 Å². The van der Waals surface area contributed by atoms with Gasteiger partial charge in [-0.15, -0.1) is 0 Å². The maximum absolute atomic E-state index is 10.5. The molecule has 0 aromatic heterocycles. The second-order valence-electron chi connectivity index (χ2n) is 4.56. The number of primary amides is 1. The van der Waals surface area contributed by atoms with E-state index in [1.165, 1.54) is 5.56 Å². The molecule has 92 valence electrons. The monoisotopic (exact) mass is 297 g/mol. The second kappa shape index (κ2) is 5.54. The van der Waals surface area contributed by atoms with Crippen LogP contribution in [-0.2, 0) is 4.74 Å². The third kappa shape index (κ3) is 3.46. The fourth-order valence-corrected chi connectivity index (χ4v) is 2.73. The molecule has 3 nitrogen and oxygen atoms in total. The minimum Gasteiger partial charge on any atom is -0.449 e. The molecule has 0 spiro atoms. The lowest BCUT2D eigenvalue weighted by Gasteiger charge is -2.11. The van der Waals surface area contributed by atoms with Crippen LogP contribution < -0.4 is 5.73 Å². The molecule has 2 rings (SSSR count). The van der Waals surface area contributed by atoms with Crippen LogP contribution in [0.2, 0.25) is 0 Å². The van der Waals surface area contributed by atoms with E-state index in [2.05, 4.69) is 40.2 Å². The van der Waals surface area contributed by atoms with E-state index in [0.29, 0.717) is 18.4 Å². The molecule has 1 amide bonds. The molecular formula is C13H16BrNO2. The van der Waals surface area contributed by atoms with E-state index in [4.69, 9.17) is 10.5 Å². The number of hydrogen-bond acceptors (Lipinski definition) is 2. The van der Waals surface area contributed by atoms with E-state index in [0.717, 1.165) is 23.7 Å². The van der Waals surface area contributed by atoms with Gasteiger partial charge in [-0.2, -0.15) is 0 Å². The molecule has 1 fully saturated rings. The standard InChI is InChI=1S/C13H16BrNO2/c14-12-5-3-10(4-6-12)11-2-1-9(7-11)8-17-13(15)16/h3-6,9,11H,1-2,7-8H2,(H2,15,16)/t9-,11-/m0/s1. The van der Waals surface area contributed by atoms with Gasteiger partial charge in [-0.25, -0.2) is 4.79 Å². The van der Waals surface area contributed by atoms with Crippen molar-refractivity contribution in [3.63, 3.8) is 0 Å². The highest BCUT2D eigenvalue weighted by Crippen LogP contribution is 2.38. The van der Waals surface area contributed by atoms with Crippen molar-refractivity contribution >= 4 is 22.0 Å². The molecule has 1 aliphatic rings. The number of benzene rings is 1. The highest BCUT2D eigenvalue weighted by Gasteiger charge is 2.26. The Balaban J connectivity index is 1.89. The number of rotatable bonds is 3. The van der Waals surface area contributed by atoms with E-state index in [1.54, 1.807) is 0 Å². The minimum atomic E-state index is -0.669. The molecule has 0 saturated heterocycles. The summed E-state index contributed by atoms with van der Waals surface area (Å²) in [5.41, 5.74) is 6.34. The molecule has 1 aliphatic carbocycles. The predicted molar refractivity (Wildman–Crippen MR) is 69.8 cm³/mol. The van der Waals surface area contributed by atoms with Gasteiger partial charge in [0.1, 0.15) is 0 Å². The first kappa shape index (κ1) is 12.4. The number of nitrogens with two attached hydrogens (primary N) is 1. The van der Waals surface area contributed by atoms with Crippen molar-refractivity contribution in [2.75, 3.05) is 6.61 Å². The van der Waals surface area contributed by atoms with Crippen LogP contribution in [0.4, 0.5) is 4.79 Å². The average molecular weight is 298 g/mol. The average Bonchev–Trinajstić information content (AvgIpc) is 2.76. The molecule has 1 aromatic rings. The predicted octanol–water partition coefficient (Wildman–Crippen LogP) is 3.43. The lowest BCUT2D eigenvalue weighted by molar-refractivity contribution is 0.137. The second-order valence-corrected chi connectivity index (χ2v) is 5.47. The van der Waals surface area contributed by atoms with Crippen LogP contribution in [0.1, 0.15) is 30.7 Å². The smallest absolute Gasteiger partial charge is 0.404 e. The molecule has 2 atom stereocenters. The molecule has 0 bridgehead atoms. The number of ether oxygens (including phenoxy) is 1. The van der Waals surface area contributed by atoms with Crippen LogP contribution >= 0.6 is 15.9 Å². The fourth-order valence-electron chi connectivity index (χ4n) is 2.46. The van der Waals surface area contributed by atoms with Gasteiger partial charge in [-0.3, -0.25) is 0 Å². The van der Waals surface area contributed by atoms with Crippen LogP contribution in [-0.4, -0.2) is 12.7 Å². The lowest BCUT2D eigenvalue weighted by atomic mass is 9.97. The van der Waals surface area contributed by atoms with Gasteiger partial charge in [0.15, 0.2) is 0 Å². The third-order valence-electron chi connectivity index (χ3n) is 3.34. The summed E-state index contributed by atoms with van der Waals surface area (Å²) in [4.78, 5) is 10.5. The van der Waals surface area contributed by atoms with Gasteiger partial charge in [0.2, 0.25) is 0 Å². The number of hydrogen-bond donors (Lipinski definition) is 1. The molecule has 17 heavy (non-hydrogen) atoms. The zero-order valence-corrected chi connectivity index (χ0v) is 11.2. The quantitative estimate of drug-likeness (QED) is 0.929. The molecular weight excluding hydrogens is 282 g/mol. The normalized spacial score (nSPS) is 23.6. The largest absolute Gasteiger partial charge is 0.449 e. The topological polar surface area (TPSA) is 52.3 Å². The Morgan fingerprint density at radius 1 is 1.35 bits per heavy atom. The van der Waals surface area contributed by atoms with Crippen LogP contribution in [0.5, 0.6) is 0 Å². The molecule has 2 N–H and O–H groups in total. The third-order valence-corrected chi connectivity index (χ3v) is 3.87. The molecule has 0 radical (unpaired) electrons. The Kier molecular flexibility index (Phi) is 4.05. The Hall–Kier alpha value is -1.03. The van der Waals surface area contributed by atoms with Gasteiger partial charge in [0.25, 0.3) is 0 Å². The highest BCUT2D eigenvalue weighted by molar-refractivity contribution is 9.10. The van der Waals surface area contributed by atoms with Crippen molar-refractivity contribution in [3.8, 4) is 0 Å².